The van der Waals surface area contributed by atoms with Gasteiger partial charge in [0.2, 0.25) is 0 Å². The molecule has 0 amide bonds. The first-order valence-electron chi connectivity index (χ1n) is 14.5. The van der Waals surface area contributed by atoms with Crippen molar-refractivity contribution in [1.29, 1.82) is 0 Å². The van der Waals surface area contributed by atoms with Crippen LogP contribution >= 0.6 is 0 Å². The van der Waals surface area contributed by atoms with Gasteiger partial charge < -0.3 is 14.6 Å². The van der Waals surface area contributed by atoms with Crippen LogP contribution in [0.2, 0.25) is 0 Å². The molecule has 1 heterocycles. The molecule has 6 rings (SSSR count). The van der Waals surface area contributed by atoms with Gasteiger partial charge in [-0.25, -0.2) is 0 Å². The van der Waals surface area contributed by atoms with Crippen molar-refractivity contribution in [2.75, 3.05) is 13.2 Å². The standard InChI is InChI=1S/C33H44O3/c1-5-6-7-22-8-10-23(11-9-22)27-19-32(4)28(14-15-29(32)34)26-13-12-24-18-33(17-16-25(24)30(26)27)35-20-31(2,3)21-36-33/h8-11,24,26-29,34H,5,12-21H2,1-4H3. The van der Waals surface area contributed by atoms with Crippen LogP contribution in [-0.4, -0.2) is 30.2 Å². The number of benzene rings is 1. The number of aliphatic hydroxyl groups is 1. The molecule has 1 saturated heterocycles. The number of rotatable bonds is 1. The molecule has 0 radical (unpaired) electrons. The lowest BCUT2D eigenvalue weighted by Crippen LogP contribution is -2.52. The van der Waals surface area contributed by atoms with E-state index in [1.807, 2.05) is 0 Å². The van der Waals surface area contributed by atoms with Crippen molar-refractivity contribution in [2.45, 2.75) is 103 Å². The Hall–Kier alpha value is -1.60. The largest absolute Gasteiger partial charge is 0.393 e. The van der Waals surface area contributed by atoms with Gasteiger partial charge in [0.25, 0.3) is 0 Å². The lowest BCUT2D eigenvalue weighted by atomic mass is 9.52. The van der Waals surface area contributed by atoms with E-state index in [0.717, 1.165) is 57.3 Å². The van der Waals surface area contributed by atoms with E-state index in [2.05, 4.69) is 63.8 Å². The van der Waals surface area contributed by atoms with Gasteiger partial charge in [-0.15, -0.1) is 0 Å². The van der Waals surface area contributed by atoms with Crippen LogP contribution < -0.4 is 0 Å². The van der Waals surface area contributed by atoms with Gasteiger partial charge in [0.15, 0.2) is 5.79 Å². The zero-order chi connectivity index (χ0) is 25.1. The fraction of sp³-hybridized carbons (Fsp3) is 0.697. The molecular weight excluding hydrogens is 444 g/mol. The summed E-state index contributed by atoms with van der Waals surface area (Å²) in [5.41, 5.74) is 6.10. The van der Waals surface area contributed by atoms with Gasteiger partial charge in [-0.2, -0.15) is 0 Å². The maximum Gasteiger partial charge on any atom is 0.169 e. The van der Waals surface area contributed by atoms with Crippen LogP contribution in [-0.2, 0) is 9.47 Å². The normalized spacial score (nSPS) is 38.5. The third-order valence-electron chi connectivity index (χ3n) is 10.5. The fourth-order valence-corrected chi connectivity index (χ4v) is 8.49. The second kappa shape index (κ2) is 9.00. The number of hydrogen-bond acceptors (Lipinski definition) is 3. The van der Waals surface area contributed by atoms with Crippen molar-refractivity contribution in [3.05, 3.63) is 46.5 Å². The van der Waals surface area contributed by atoms with E-state index < -0.39 is 0 Å². The van der Waals surface area contributed by atoms with E-state index in [1.165, 1.54) is 24.8 Å². The van der Waals surface area contributed by atoms with E-state index in [9.17, 15) is 5.11 Å². The third-order valence-corrected chi connectivity index (χ3v) is 10.5. The number of aliphatic hydroxyl groups excluding tert-OH is 1. The Morgan fingerprint density at radius 2 is 1.72 bits per heavy atom. The molecule has 36 heavy (non-hydrogen) atoms. The summed E-state index contributed by atoms with van der Waals surface area (Å²) in [4.78, 5) is 0. The summed E-state index contributed by atoms with van der Waals surface area (Å²) < 4.78 is 12.9. The Bertz CT molecular complexity index is 1080. The van der Waals surface area contributed by atoms with Gasteiger partial charge in [0.1, 0.15) is 0 Å². The number of ether oxygens (including phenoxy) is 2. The molecule has 3 heteroatoms. The maximum absolute atomic E-state index is 11.2. The molecule has 3 saturated carbocycles. The zero-order valence-corrected chi connectivity index (χ0v) is 22.7. The predicted octanol–water partition coefficient (Wildman–Crippen LogP) is 6.99. The van der Waals surface area contributed by atoms with Gasteiger partial charge in [-0.3, -0.25) is 0 Å². The highest BCUT2D eigenvalue weighted by Crippen LogP contribution is 2.64. The van der Waals surface area contributed by atoms with Crippen molar-refractivity contribution in [1.82, 2.24) is 0 Å². The van der Waals surface area contributed by atoms with Gasteiger partial charge in [0, 0.05) is 36.2 Å². The van der Waals surface area contributed by atoms with Gasteiger partial charge >= 0.3 is 0 Å². The average Bonchev–Trinajstić information content (AvgIpc) is 3.18. The van der Waals surface area contributed by atoms with Crippen molar-refractivity contribution in [3.63, 3.8) is 0 Å². The first kappa shape index (κ1) is 24.7. The van der Waals surface area contributed by atoms with Gasteiger partial charge in [-0.05, 0) is 79.4 Å². The molecule has 0 bridgehead atoms. The summed E-state index contributed by atoms with van der Waals surface area (Å²) in [6.07, 6.45) is 9.48. The van der Waals surface area contributed by atoms with Crippen LogP contribution in [0.25, 0.3) is 0 Å². The molecule has 3 nitrogen and oxygen atoms in total. The summed E-state index contributed by atoms with van der Waals surface area (Å²) >= 11 is 0. The minimum Gasteiger partial charge on any atom is -0.393 e. The summed E-state index contributed by atoms with van der Waals surface area (Å²) in [5, 5.41) is 11.2. The molecule has 5 aliphatic rings. The lowest BCUT2D eigenvalue weighted by Gasteiger charge is -2.55. The van der Waals surface area contributed by atoms with Gasteiger partial charge in [-0.1, -0.05) is 62.8 Å². The van der Waals surface area contributed by atoms with Crippen molar-refractivity contribution in [3.8, 4) is 11.8 Å². The van der Waals surface area contributed by atoms with Crippen LogP contribution in [0.1, 0.15) is 103 Å². The highest BCUT2D eigenvalue weighted by atomic mass is 16.7. The summed E-state index contributed by atoms with van der Waals surface area (Å²) in [6.45, 7) is 10.5. The summed E-state index contributed by atoms with van der Waals surface area (Å²) in [7, 11) is 0. The molecule has 194 valence electrons. The Morgan fingerprint density at radius 1 is 0.972 bits per heavy atom. The molecule has 1 aromatic rings. The van der Waals surface area contributed by atoms with E-state index in [1.54, 1.807) is 11.1 Å². The van der Waals surface area contributed by atoms with Crippen LogP contribution in [0, 0.1) is 40.4 Å². The molecule has 4 aliphatic carbocycles. The SMILES string of the molecule is CCC#Cc1ccc(C2CC3(C)C(O)CCC3C3CCC4CC5(CCC4=C23)OCC(C)(C)CO5)cc1. The monoisotopic (exact) mass is 488 g/mol. The average molecular weight is 489 g/mol. The summed E-state index contributed by atoms with van der Waals surface area (Å²) in [6, 6.07) is 9.06. The highest BCUT2D eigenvalue weighted by molar-refractivity contribution is 5.43. The quantitative estimate of drug-likeness (QED) is 0.342. The number of allylic oxidation sites excluding steroid dienone is 2. The minimum atomic E-state index is -0.376. The van der Waals surface area contributed by atoms with E-state index in [4.69, 9.17) is 9.47 Å². The van der Waals surface area contributed by atoms with Crippen molar-refractivity contribution >= 4 is 0 Å². The van der Waals surface area contributed by atoms with E-state index >= 15 is 0 Å². The Balaban J connectivity index is 1.36. The molecule has 4 fully saturated rings. The Kier molecular flexibility index (Phi) is 6.18. The van der Waals surface area contributed by atoms with Crippen LogP contribution in [0.15, 0.2) is 35.4 Å². The molecule has 1 spiro atoms. The zero-order valence-electron chi connectivity index (χ0n) is 22.7. The Labute approximate surface area is 218 Å². The van der Waals surface area contributed by atoms with Crippen molar-refractivity contribution < 1.29 is 14.6 Å². The molecule has 1 aliphatic heterocycles. The highest BCUT2D eigenvalue weighted by Gasteiger charge is 2.57. The Morgan fingerprint density at radius 3 is 2.44 bits per heavy atom. The van der Waals surface area contributed by atoms with E-state index in [-0.39, 0.29) is 22.7 Å². The lowest BCUT2D eigenvalue weighted by molar-refractivity contribution is -0.312. The molecule has 1 N–H and O–H groups in total. The minimum absolute atomic E-state index is 0.0178. The maximum atomic E-state index is 11.2. The second-order valence-electron chi connectivity index (χ2n) is 13.5. The van der Waals surface area contributed by atoms with E-state index in [0.29, 0.717) is 23.7 Å². The third kappa shape index (κ3) is 4.09. The number of fused-ring (bicyclic) bond motifs is 4. The van der Waals surface area contributed by atoms with Crippen LogP contribution in [0.4, 0.5) is 0 Å². The summed E-state index contributed by atoms with van der Waals surface area (Å²) in [5.74, 6) is 8.30. The van der Waals surface area contributed by atoms with Gasteiger partial charge in [0.05, 0.1) is 19.3 Å². The predicted molar refractivity (Wildman–Crippen MR) is 143 cm³/mol. The van der Waals surface area contributed by atoms with Crippen LogP contribution in [0.3, 0.4) is 0 Å². The second-order valence-corrected chi connectivity index (χ2v) is 13.5. The molecule has 1 aromatic carbocycles. The molecule has 0 aromatic heterocycles. The smallest absolute Gasteiger partial charge is 0.169 e. The molecule has 6 atom stereocenters. The first-order chi connectivity index (χ1) is 17.2. The topological polar surface area (TPSA) is 38.7 Å². The first-order valence-corrected chi connectivity index (χ1v) is 14.5. The molecule has 6 unspecified atom stereocenters. The van der Waals surface area contributed by atoms with Crippen LogP contribution in [0.5, 0.6) is 0 Å². The number of hydrogen-bond donors (Lipinski definition) is 1. The van der Waals surface area contributed by atoms with Crippen molar-refractivity contribution in [2.24, 2.45) is 28.6 Å². The fourth-order valence-electron chi connectivity index (χ4n) is 8.49. The molecular formula is C33H44O3.